The Hall–Kier alpha value is -0.210. The molecule has 0 saturated carbocycles. The molecule has 0 aliphatic carbocycles. The molecule has 0 radical (unpaired) electrons. The number of hydrogen-bond donors (Lipinski definition) is 3. The van der Waals surface area contributed by atoms with Crippen LogP contribution < -0.4 is 11.5 Å². The van der Waals surface area contributed by atoms with Crippen molar-refractivity contribution in [2.75, 3.05) is 13.2 Å². The monoisotopic (exact) mass is 210 g/mol. The van der Waals surface area contributed by atoms with Gasteiger partial charge in [0, 0.05) is 0 Å². The van der Waals surface area contributed by atoms with Crippen LogP contribution in [0, 0.1) is 0 Å². The van der Waals surface area contributed by atoms with Crippen LogP contribution in [0.1, 0.15) is 12.8 Å². The SMILES string of the molecule is NC(CCC1(N)COC1)S(=O)(=O)O. The summed E-state index contributed by atoms with van der Waals surface area (Å²) in [7, 11) is -4.13. The van der Waals surface area contributed by atoms with Crippen molar-refractivity contribution in [2.45, 2.75) is 23.8 Å². The molecule has 0 aromatic heterocycles. The Morgan fingerprint density at radius 3 is 2.38 bits per heavy atom. The van der Waals surface area contributed by atoms with E-state index in [0.717, 1.165) is 0 Å². The van der Waals surface area contributed by atoms with Gasteiger partial charge >= 0.3 is 0 Å². The second-order valence-corrected chi connectivity index (χ2v) is 5.08. The number of ether oxygens (including phenoxy) is 1. The Balaban J connectivity index is 2.34. The summed E-state index contributed by atoms with van der Waals surface area (Å²) in [5, 5.41) is -1.24. The predicted octanol–water partition coefficient (Wildman–Crippen LogP) is -1.33. The van der Waals surface area contributed by atoms with Gasteiger partial charge in [0.1, 0.15) is 5.37 Å². The molecule has 1 rings (SSSR count). The summed E-state index contributed by atoms with van der Waals surface area (Å²) in [6, 6.07) is 0. The standard InChI is InChI=1S/C6H14N2O4S/c7-5(13(9,10)11)1-2-6(8)3-12-4-6/h5H,1-4,7-8H2,(H,9,10,11). The van der Waals surface area contributed by atoms with Crippen molar-refractivity contribution in [3.05, 3.63) is 0 Å². The first kappa shape index (κ1) is 10.9. The molecule has 5 N–H and O–H groups in total. The van der Waals surface area contributed by atoms with Gasteiger partial charge in [0.25, 0.3) is 10.1 Å². The van der Waals surface area contributed by atoms with Gasteiger partial charge in [-0.2, -0.15) is 8.42 Å². The zero-order valence-corrected chi connectivity index (χ0v) is 7.96. The Bertz CT molecular complexity index is 272. The van der Waals surface area contributed by atoms with E-state index in [0.29, 0.717) is 19.6 Å². The van der Waals surface area contributed by atoms with E-state index in [1.807, 2.05) is 0 Å². The van der Waals surface area contributed by atoms with Crippen LogP contribution in [-0.4, -0.2) is 37.1 Å². The van der Waals surface area contributed by atoms with Crippen LogP contribution in [0.5, 0.6) is 0 Å². The van der Waals surface area contributed by atoms with Crippen LogP contribution in [-0.2, 0) is 14.9 Å². The number of hydrogen-bond acceptors (Lipinski definition) is 5. The summed E-state index contributed by atoms with van der Waals surface area (Å²) in [5.41, 5.74) is 10.5. The Morgan fingerprint density at radius 2 is 2.08 bits per heavy atom. The van der Waals surface area contributed by atoms with E-state index in [4.69, 9.17) is 20.8 Å². The molecule has 1 atom stereocenters. The highest BCUT2D eigenvalue weighted by Crippen LogP contribution is 2.20. The van der Waals surface area contributed by atoms with Gasteiger partial charge in [-0.15, -0.1) is 0 Å². The highest BCUT2D eigenvalue weighted by atomic mass is 32.2. The van der Waals surface area contributed by atoms with E-state index >= 15 is 0 Å². The van der Waals surface area contributed by atoms with Crippen molar-refractivity contribution in [3.63, 3.8) is 0 Å². The maximum Gasteiger partial charge on any atom is 0.280 e. The molecule has 1 heterocycles. The van der Waals surface area contributed by atoms with Crippen molar-refractivity contribution in [1.29, 1.82) is 0 Å². The molecule has 6 nitrogen and oxygen atoms in total. The van der Waals surface area contributed by atoms with Crippen LogP contribution >= 0.6 is 0 Å². The molecule has 0 amide bonds. The van der Waals surface area contributed by atoms with E-state index < -0.39 is 21.0 Å². The molecule has 0 aromatic rings. The highest BCUT2D eigenvalue weighted by Gasteiger charge is 2.35. The fourth-order valence-corrected chi connectivity index (χ4v) is 1.50. The minimum atomic E-state index is -4.13. The van der Waals surface area contributed by atoms with E-state index in [9.17, 15) is 8.42 Å². The van der Waals surface area contributed by atoms with Gasteiger partial charge in [0.15, 0.2) is 0 Å². The fraction of sp³-hybridized carbons (Fsp3) is 1.00. The average Bonchev–Trinajstić information content (AvgIpc) is 1.94. The summed E-state index contributed by atoms with van der Waals surface area (Å²) in [4.78, 5) is 0. The van der Waals surface area contributed by atoms with Gasteiger partial charge in [0.05, 0.1) is 18.8 Å². The van der Waals surface area contributed by atoms with E-state index in [2.05, 4.69) is 0 Å². The third-order valence-corrected chi connectivity index (χ3v) is 3.09. The molecule has 1 fully saturated rings. The third-order valence-electron chi connectivity index (χ3n) is 2.09. The summed E-state index contributed by atoms with van der Waals surface area (Å²) >= 11 is 0. The van der Waals surface area contributed by atoms with E-state index in [1.165, 1.54) is 0 Å². The van der Waals surface area contributed by atoms with E-state index in [-0.39, 0.29) is 6.42 Å². The second-order valence-electron chi connectivity index (χ2n) is 3.45. The van der Waals surface area contributed by atoms with Gasteiger partial charge in [-0.05, 0) is 12.8 Å². The molecule has 1 saturated heterocycles. The van der Waals surface area contributed by atoms with E-state index in [1.54, 1.807) is 0 Å². The largest absolute Gasteiger partial charge is 0.377 e. The molecule has 78 valence electrons. The maximum absolute atomic E-state index is 10.5. The minimum Gasteiger partial charge on any atom is -0.377 e. The lowest BCUT2D eigenvalue weighted by Crippen LogP contribution is -2.57. The molecular weight excluding hydrogens is 196 g/mol. The molecule has 0 bridgehead atoms. The number of nitrogens with two attached hydrogens (primary N) is 2. The summed E-state index contributed by atoms with van der Waals surface area (Å²) in [6.07, 6.45) is 0.590. The van der Waals surface area contributed by atoms with Crippen LogP contribution in [0.3, 0.4) is 0 Å². The van der Waals surface area contributed by atoms with Crippen LogP contribution in [0.2, 0.25) is 0 Å². The van der Waals surface area contributed by atoms with Crippen LogP contribution in [0.15, 0.2) is 0 Å². The molecule has 13 heavy (non-hydrogen) atoms. The summed E-state index contributed by atoms with van der Waals surface area (Å²) < 4.78 is 34.5. The lowest BCUT2D eigenvalue weighted by molar-refractivity contribution is -0.0581. The van der Waals surface area contributed by atoms with Crippen molar-refractivity contribution < 1.29 is 17.7 Å². The van der Waals surface area contributed by atoms with Crippen molar-refractivity contribution in [1.82, 2.24) is 0 Å². The van der Waals surface area contributed by atoms with Crippen LogP contribution in [0.25, 0.3) is 0 Å². The average molecular weight is 210 g/mol. The van der Waals surface area contributed by atoms with Gasteiger partial charge in [-0.3, -0.25) is 4.55 Å². The predicted molar refractivity (Wildman–Crippen MR) is 46.5 cm³/mol. The molecule has 0 aromatic carbocycles. The zero-order valence-electron chi connectivity index (χ0n) is 7.14. The smallest absolute Gasteiger partial charge is 0.280 e. The second kappa shape index (κ2) is 3.50. The molecular formula is C6H14N2O4S. The quantitative estimate of drug-likeness (QED) is 0.495. The Morgan fingerprint density at radius 1 is 1.54 bits per heavy atom. The summed E-state index contributed by atoms with van der Waals surface area (Å²) in [5.74, 6) is 0. The zero-order chi connectivity index (χ0) is 10.1. The lowest BCUT2D eigenvalue weighted by Gasteiger charge is -2.38. The molecule has 1 aliphatic rings. The van der Waals surface area contributed by atoms with Gasteiger partial charge in [-0.1, -0.05) is 0 Å². The van der Waals surface area contributed by atoms with Gasteiger partial charge < -0.3 is 16.2 Å². The number of rotatable bonds is 4. The Kier molecular flexibility index (Phi) is 2.93. The third kappa shape index (κ3) is 2.89. The maximum atomic E-state index is 10.5. The van der Waals surface area contributed by atoms with Crippen LogP contribution in [0.4, 0.5) is 0 Å². The van der Waals surface area contributed by atoms with Crippen molar-refractivity contribution in [2.24, 2.45) is 11.5 Å². The topological polar surface area (TPSA) is 116 Å². The molecule has 1 unspecified atom stereocenters. The van der Waals surface area contributed by atoms with Crippen molar-refractivity contribution >= 4 is 10.1 Å². The first-order valence-electron chi connectivity index (χ1n) is 3.92. The molecule has 0 spiro atoms. The first-order chi connectivity index (χ1) is 5.83. The fourth-order valence-electron chi connectivity index (χ4n) is 1.09. The normalized spacial score (nSPS) is 23.6. The Labute approximate surface area is 77.0 Å². The molecule has 1 aliphatic heterocycles. The summed E-state index contributed by atoms with van der Waals surface area (Å²) in [6.45, 7) is 0.844. The van der Waals surface area contributed by atoms with Crippen molar-refractivity contribution in [3.8, 4) is 0 Å². The van der Waals surface area contributed by atoms with Gasteiger partial charge in [0.2, 0.25) is 0 Å². The van der Waals surface area contributed by atoms with Gasteiger partial charge in [-0.25, -0.2) is 0 Å². The lowest BCUT2D eigenvalue weighted by atomic mass is 9.93. The minimum absolute atomic E-state index is 0.151. The molecule has 7 heteroatoms. The first-order valence-corrected chi connectivity index (χ1v) is 5.42. The highest BCUT2D eigenvalue weighted by molar-refractivity contribution is 7.86.